The van der Waals surface area contributed by atoms with E-state index in [0.717, 1.165) is 6.42 Å². The van der Waals surface area contributed by atoms with Gasteiger partial charge in [0.15, 0.2) is 0 Å². The summed E-state index contributed by atoms with van der Waals surface area (Å²) in [6.45, 7) is 0.269. The van der Waals surface area contributed by atoms with E-state index in [1.54, 1.807) is 0 Å². The molecule has 3 atom stereocenters. The number of epoxide rings is 1. The predicted octanol–water partition coefficient (Wildman–Crippen LogP) is 0.322. The number of rotatable bonds is 1. The Morgan fingerprint density at radius 1 is 1.67 bits per heavy atom. The van der Waals surface area contributed by atoms with Gasteiger partial charge in [-0.25, -0.2) is 0 Å². The third-order valence-electron chi connectivity index (χ3n) is 2.03. The molecule has 1 fully saturated rings. The molecule has 2 nitrogen and oxygen atoms in total. The van der Waals surface area contributed by atoms with Crippen LogP contribution in [0.25, 0.3) is 0 Å². The average Bonchev–Trinajstić information content (AvgIpc) is 2.64. The van der Waals surface area contributed by atoms with Gasteiger partial charge in [-0.15, -0.1) is 0 Å². The van der Waals surface area contributed by atoms with Gasteiger partial charge >= 0.3 is 0 Å². The van der Waals surface area contributed by atoms with Crippen molar-refractivity contribution < 1.29 is 9.84 Å². The maximum absolute atomic E-state index is 8.77. The van der Waals surface area contributed by atoms with E-state index in [4.69, 9.17) is 9.84 Å². The second-order valence-corrected chi connectivity index (χ2v) is 2.67. The number of hydrogen-bond donors (Lipinski definition) is 1. The van der Waals surface area contributed by atoms with Gasteiger partial charge in [-0.2, -0.15) is 0 Å². The van der Waals surface area contributed by atoms with E-state index in [0.29, 0.717) is 18.1 Å². The van der Waals surface area contributed by atoms with E-state index in [1.807, 2.05) is 0 Å². The SMILES string of the molecule is OCC1CC=CC2OC12. The molecule has 1 heterocycles. The molecule has 3 unspecified atom stereocenters. The lowest BCUT2D eigenvalue weighted by atomic mass is 9.95. The molecule has 50 valence electrons. The second-order valence-electron chi connectivity index (χ2n) is 2.67. The Hall–Kier alpha value is -0.340. The molecule has 1 aliphatic heterocycles. The van der Waals surface area contributed by atoms with Crippen LogP contribution in [-0.2, 0) is 4.74 Å². The summed E-state index contributed by atoms with van der Waals surface area (Å²) in [5.74, 6) is 0.375. The standard InChI is InChI=1S/C7H10O2/c8-4-5-2-1-3-6-7(5)9-6/h1,3,5-8H,2,4H2. The lowest BCUT2D eigenvalue weighted by molar-refractivity contribution is 0.194. The van der Waals surface area contributed by atoms with Crippen LogP contribution in [0.2, 0.25) is 0 Å². The fourth-order valence-electron chi connectivity index (χ4n) is 1.37. The van der Waals surface area contributed by atoms with Crippen molar-refractivity contribution >= 4 is 0 Å². The zero-order valence-corrected chi connectivity index (χ0v) is 5.16. The molecule has 1 aliphatic carbocycles. The first-order chi connectivity index (χ1) is 4.42. The van der Waals surface area contributed by atoms with Gasteiger partial charge in [0, 0.05) is 12.5 Å². The summed E-state index contributed by atoms with van der Waals surface area (Å²) in [4.78, 5) is 0. The molecular weight excluding hydrogens is 116 g/mol. The van der Waals surface area contributed by atoms with Gasteiger partial charge in [-0.3, -0.25) is 0 Å². The topological polar surface area (TPSA) is 32.8 Å². The van der Waals surface area contributed by atoms with Crippen LogP contribution in [0.4, 0.5) is 0 Å². The van der Waals surface area contributed by atoms with Gasteiger partial charge in [0.05, 0.1) is 6.10 Å². The molecule has 0 radical (unpaired) electrons. The van der Waals surface area contributed by atoms with Crippen molar-refractivity contribution in [1.82, 2.24) is 0 Å². The molecule has 0 spiro atoms. The lowest BCUT2D eigenvalue weighted by Gasteiger charge is -2.09. The van der Waals surface area contributed by atoms with Crippen molar-refractivity contribution in [2.24, 2.45) is 5.92 Å². The van der Waals surface area contributed by atoms with Gasteiger partial charge in [0.25, 0.3) is 0 Å². The van der Waals surface area contributed by atoms with Crippen LogP contribution in [0, 0.1) is 5.92 Å². The van der Waals surface area contributed by atoms with Crippen molar-refractivity contribution in [3.63, 3.8) is 0 Å². The zero-order chi connectivity index (χ0) is 6.27. The maximum Gasteiger partial charge on any atom is 0.103 e. The van der Waals surface area contributed by atoms with Crippen LogP contribution in [0.3, 0.4) is 0 Å². The van der Waals surface area contributed by atoms with Gasteiger partial charge < -0.3 is 9.84 Å². The molecule has 1 saturated heterocycles. The maximum atomic E-state index is 8.77. The van der Waals surface area contributed by atoms with E-state index in [-0.39, 0.29) is 6.61 Å². The van der Waals surface area contributed by atoms with Crippen LogP contribution in [-0.4, -0.2) is 23.9 Å². The molecule has 0 saturated carbocycles. The van der Waals surface area contributed by atoms with E-state index in [9.17, 15) is 0 Å². The van der Waals surface area contributed by atoms with E-state index >= 15 is 0 Å². The summed E-state index contributed by atoms with van der Waals surface area (Å²) in [5, 5.41) is 8.77. The first-order valence-electron chi connectivity index (χ1n) is 3.35. The smallest absolute Gasteiger partial charge is 0.103 e. The van der Waals surface area contributed by atoms with Gasteiger partial charge in [0.2, 0.25) is 0 Å². The quantitative estimate of drug-likeness (QED) is 0.405. The molecule has 0 aromatic heterocycles. The van der Waals surface area contributed by atoms with Crippen molar-refractivity contribution in [2.45, 2.75) is 18.6 Å². The van der Waals surface area contributed by atoms with Crippen LogP contribution in [0.5, 0.6) is 0 Å². The summed E-state index contributed by atoms with van der Waals surface area (Å²) in [6.07, 6.45) is 5.85. The summed E-state index contributed by atoms with van der Waals surface area (Å²) < 4.78 is 5.23. The number of allylic oxidation sites excluding steroid dienone is 1. The number of aliphatic hydroxyl groups is 1. The van der Waals surface area contributed by atoms with Crippen LogP contribution in [0.1, 0.15) is 6.42 Å². The monoisotopic (exact) mass is 126 g/mol. The molecule has 0 amide bonds. The number of hydrogen-bond acceptors (Lipinski definition) is 2. The highest BCUT2D eigenvalue weighted by Gasteiger charge is 2.44. The van der Waals surface area contributed by atoms with E-state index in [1.165, 1.54) is 0 Å². The number of ether oxygens (including phenoxy) is 1. The highest BCUT2D eigenvalue weighted by molar-refractivity contribution is 5.10. The molecule has 1 N–H and O–H groups in total. The van der Waals surface area contributed by atoms with Crippen LogP contribution in [0.15, 0.2) is 12.2 Å². The van der Waals surface area contributed by atoms with Crippen molar-refractivity contribution in [2.75, 3.05) is 6.61 Å². The summed E-state index contributed by atoms with van der Waals surface area (Å²) in [7, 11) is 0. The zero-order valence-electron chi connectivity index (χ0n) is 5.16. The Labute approximate surface area is 54.1 Å². The number of aliphatic hydroxyl groups excluding tert-OH is 1. The first-order valence-corrected chi connectivity index (χ1v) is 3.35. The Morgan fingerprint density at radius 2 is 2.56 bits per heavy atom. The van der Waals surface area contributed by atoms with Crippen molar-refractivity contribution in [1.29, 1.82) is 0 Å². The Morgan fingerprint density at radius 3 is 3.22 bits per heavy atom. The summed E-state index contributed by atoms with van der Waals surface area (Å²) >= 11 is 0. The van der Waals surface area contributed by atoms with E-state index in [2.05, 4.69) is 12.2 Å². The predicted molar refractivity (Wildman–Crippen MR) is 33.0 cm³/mol. The third-order valence-corrected chi connectivity index (χ3v) is 2.03. The summed E-state index contributed by atoms with van der Waals surface area (Å²) in [6, 6.07) is 0. The molecule has 0 bridgehead atoms. The largest absolute Gasteiger partial charge is 0.396 e. The molecule has 0 aromatic carbocycles. The molecular formula is C7H10O2. The second kappa shape index (κ2) is 1.82. The van der Waals surface area contributed by atoms with Crippen molar-refractivity contribution in [3.8, 4) is 0 Å². The van der Waals surface area contributed by atoms with Crippen LogP contribution >= 0.6 is 0 Å². The third kappa shape index (κ3) is 0.787. The highest BCUT2D eigenvalue weighted by atomic mass is 16.6. The Balaban J connectivity index is 2.04. The molecule has 2 heteroatoms. The minimum absolute atomic E-state index is 0.269. The van der Waals surface area contributed by atoms with E-state index < -0.39 is 0 Å². The molecule has 0 aromatic rings. The van der Waals surface area contributed by atoms with Gasteiger partial charge in [0.1, 0.15) is 6.10 Å². The van der Waals surface area contributed by atoms with Gasteiger partial charge in [-0.05, 0) is 6.42 Å². The van der Waals surface area contributed by atoms with Crippen LogP contribution < -0.4 is 0 Å². The molecule has 9 heavy (non-hydrogen) atoms. The minimum Gasteiger partial charge on any atom is -0.396 e. The Kier molecular flexibility index (Phi) is 1.10. The average molecular weight is 126 g/mol. The molecule has 2 aliphatic rings. The van der Waals surface area contributed by atoms with Gasteiger partial charge in [-0.1, -0.05) is 12.2 Å². The molecule has 2 rings (SSSR count). The number of fused-ring (bicyclic) bond motifs is 1. The normalized spacial score (nSPS) is 46.6. The Bertz CT molecular complexity index is 142. The lowest BCUT2D eigenvalue weighted by Crippen LogP contribution is -2.16. The first kappa shape index (κ1) is 5.45. The fraction of sp³-hybridized carbons (Fsp3) is 0.714. The highest BCUT2D eigenvalue weighted by Crippen LogP contribution is 2.35. The minimum atomic E-state index is 0.269. The summed E-state index contributed by atoms with van der Waals surface area (Å²) in [5.41, 5.74) is 0. The van der Waals surface area contributed by atoms with Crippen molar-refractivity contribution in [3.05, 3.63) is 12.2 Å². The fourth-order valence-corrected chi connectivity index (χ4v) is 1.37.